The van der Waals surface area contributed by atoms with Gasteiger partial charge in [0.05, 0.1) is 6.21 Å². The normalized spacial score (nSPS) is 11.2. The van der Waals surface area contributed by atoms with E-state index in [1.165, 1.54) is 64.2 Å². The zero-order chi connectivity index (χ0) is 15.1. The van der Waals surface area contributed by atoms with Crippen LogP contribution >= 0.6 is 0 Å². The second-order valence-corrected chi connectivity index (χ2v) is 5.44. The zero-order valence-electron chi connectivity index (χ0n) is 13.6. The van der Waals surface area contributed by atoms with E-state index in [4.69, 9.17) is 4.84 Å². The molecule has 0 amide bonds. The molecule has 0 N–H and O–H groups in total. The van der Waals surface area contributed by atoms with Gasteiger partial charge in [0.15, 0.2) is 0 Å². The summed E-state index contributed by atoms with van der Waals surface area (Å²) >= 11 is 0. The highest BCUT2D eigenvalue weighted by Crippen LogP contribution is 2.25. The highest BCUT2D eigenvalue weighted by molar-refractivity contribution is 5.69. The predicted octanol–water partition coefficient (Wildman–Crippen LogP) is 6.25. The molecule has 0 bridgehead atoms. The number of oxime groups is 1. The Hall–Kier alpha value is -1.05. The van der Waals surface area contributed by atoms with Crippen molar-refractivity contribution in [1.82, 2.24) is 0 Å². The molecule has 0 saturated heterocycles. The van der Waals surface area contributed by atoms with Crippen molar-refractivity contribution in [3.05, 3.63) is 25.0 Å². The Kier molecular flexibility index (Phi) is 13.6. The molecule has 0 aliphatic heterocycles. The second kappa shape index (κ2) is 14.4. The Labute approximate surface area is 126 Å². The average Bonchev–Trinajstić information content (AvgIpc) is 2.45. The van der Waals surface area contributed by atoms with Crippen molar-refractivity contribution >= 4 is 6.21 Å². The molecule has 0 rings (SSSR count). The molecule has 0 aliphatic rings. The monoisotopic (exact) mass is 279 g/mol. The summed E-state index contributed by atoms with van der Waals surface area (Å²) in [6, 6.07) is 0. The van der Waals surface area contributed by atoms with Crippen LogP contribution in [-0.4, -0.2) is 6.21 Å². The first-order valence-corrected chi connectivity index (χ1v) is 8.26. The lowest BCUT2D eigenvalue weighted by atomic mass is 9.93. The minimum absolute atomic E-state index is 0.450. The van der Waals surface area contributed by atoms with Gasteiger partial charge in [-0.25, -0.2) is 0 Å². The van der Waals surface area contributed by atoms with Crippen molar-refractivity contribution in [3.63, 3.8) is 0 Å². The lowest BCUT2D eigenvalue weighted by molar-refractivity contribution is 0.180. The molecular formula is C18H33NO. The number of rotatable bonds is 14. The average molecular weight is 279 g/mol. The van der Waals surface area contributed by atoms with E-state index in [9.17, 15) is 0 Å². The van der Waals surface area contributed by atoms with Crippen molar-refractivity contribution in [1.29, 1.82) is 0 Å². The van der Waals surface area contributed by atoms with Gasteiger partial charge in [0.1, 0.15) is 5.76 Å². The molecule has 0 spiro atoms. The van der Waals surface area contributed by atoms with Crippen LogP contribution < -0.4 is 0 Å². The van der Waals surface area contributed by atoms with Gasteiger partial charge in [-0.2, -0.15) is 0 Å². The van der Waals surface area contributed by atoms with Gasteiger partial charge in [-0.05, 0) is 18.9 Å². The van der Waals surface area contributed by atoms with Crippen molar-refractivity contribution in [2.24, 2.45) is 11.1 Å². The van der Waals surface area contributed by atoms with Gasteiger partial charge in [-0.3, -0.25) is 0 Å². The highest BCUT2D eigenvalue weighted by Gasteiger charge is 2.14. The van der Waals surface area contributed by atoms with Crippen LogP contribution in [0.25, 0.3) is 0 Å². The van der Waals surface area contributed by atoms with Crippen LogP contribution in [0, 0.1) is 5.92 Å². The molecule has 116 valence electrons. The van der Waals surface area contributed by atoms with Crippen molar-refractivity contribution in [2.75, 3.05) is 0 Å². The summed E-state index contributed by atoms with van der Waals surface area (Å²) in [6.07, 6.45) is 15.9. The summed E-state index contributed by atoms with van der Waals surface area (Å²) in [5.41, 5.74) is 0. The largest absolute Gasteiger partial charge is 0.362 e. The molecule has 2 nitrogen and oxygen atoms in total. The number of hydrogen-bond acceptors (Lipinski definition) is 2. The van der Waals surface area contributed by atoms with Crippen LogP contribution in [0.2, 0.25) is 0 Å². The van der Waals surface area contributed by atoms with Gasteiger partial charge in [-0.1, -0.05) is 83.5 Å². The lowest BCUT2D eigenvalue weighted by Crippen LogP contribution is -2.05. The molecule has 0 unspecified atom stereocenters. The first-order chi connectivity index (χ1) is 9.76. The van der Waals surface area contributed by atoms with E-state index in [1.54, 1.807) is 12.3 Å². The third kappa shape index (κ3) is 10.8. The Bertz CT molecular complexity index is 259. The summed E-state index contributed by atoms with van der Waals surface area (Å²) in [5.74, 6) is 1.27. The number of hydrogen-bond donors (Lipinski definition) is 0. The van der Waals surface area contributed by atoms with E-state index >= 15 is 0 Å². The molecule has 0 aromatic carbocycles. The smallest absolute Gasteiger partial charge is 0.130 e. The lowest BCUT2D eigenvalue weighted by Gasteiger charge is -2.17. The van der Waals surface area contributed by atoms with Gasteiger partial charge < -0.3 is 4.84 Å². The minimum Gasteiger partial charge on any atom is -0.362 e. The summed E-state index contributed by atoms with van der Waals surface area (Å²) in [6.45, 7) is 12.1. The minimum atomic E-state index is 0.450. The van der Waals surface area contributed by atoms with Crippen LogP contribution in [0.4, 0.5) is 0 Å². The molecule has 0 heterocycles. The maximum Gasteiger partial charge on any atom is 0.130 e. The van der Waals surface area contributed by atoms with Gasteiger partial charge in [0.25, 0.3) is 0 Å². The first kappa shape index (κ1) is 18.9. The SMILES string of the molecule is C=C/C=N\OC(=C)C(CCCCCC)CCCCCC. The number of nitrogens with zero attached hydrogens (tertiary/aromatic N) is 1. The van der Waals surface area contributed by atoms with E-state index in [0.717, 1.165) is 5.76 Å². The van der Waals surface area contributed by atoms with Crippen LogP contribution in [0.15, 0.2) is 30.1 Å². The molecule has 0 radical (unpaired) electrons. The molecular weight excluding hydrogens is 246 g/mol. The topological polar surface area (TPSA) is 21.6 Å². The Morgan fingerprint density at radius 1 is 1.00 bits per heavy atom. The molecule has 0 atom stereocenters. The van der Waals surface area contributed by atoms with Crippen LogP contribution in [0.3, 0.4) is 0 Å². The number of allylic oxidation sites excluding steroid dienone is 2. The maximum absolute atomic E-state index is 5.36. The van der Waals surface area contributed by atoms with Crippen molar-refractivity contribution in [2.45, 2.75) is 78.1 Å². The summed E-state index contributed by atoms with van der Waals surface area (Å²) in [7, 11) is 0. The van der Waals surface area contributed by atoms with E-state index in [1.807, 2.05) is 0 Å². The zero-order valence-corrected chi connectivity index (χ0v) is 13.6. The Morgan fingerprint density at radius 3 is 2.00 bits per heavy atom. The molecule has 2 heteroatoms. The molecule has 20 heavy (non-hydrogen) atoms. The van der Waals surface area contributed by atoms with Gasteiger partial charge in [0, 0.05) is 5.92 Å². The quantitative estimate of drug-likeness (QED) is 0.159. The fourth-order valence-electron chi connectivity index (χ4n) is 2.32. The van der Waals surface area contributed by atoms with Gasteiger partial charge in [0.2, 0.25) is 0 Å². The van der Waals surface area contributed by atoms with Gasteiger partial charge >= 0.3 is 0 Å². The first-order valence-electron chi connectivity index (χ1n) is 8.26. The summed E-state index contributed by atoms with van der Waals surface area (Å²) in [4.78, 5) is 5.36. The van der Waals surface area contributed by atoms with Crippen LogP contribution in [0.5, 0.6) is 0 Å². The predicted molar refractivity (Wildman–Crippen MR) is 89.9 cm³/mol. The fraction of sp³-hybridized carbons (Fsp3) is 0.722. The Balaban J connectivity index is 4.10. The Morgan fingerprint density at radius 2 is 1.55 bits per heavy atom. The summed E-state index contributed by atoms with van der Waals surface area (Å²) in [5, 5.41) is 3.86. The maximum atomic E-state index is 5.36. The second-order valence-electron chi connectivity index (χ2n) is 5.44. The molecule has 0 aliphatic carbocycles. The molecule has 0 fully saturated rings. The van der Waals surface area contributed by atoms with Crippen molar-refractivity contribution < 1.29 is 4.84 Å². The number of unbranched alkanes of at least 4 members (excludes halogenated alkanes) is 6. The third-order valence-electron chi connectivity index (χ3n) is 3.60. The van der Waals surface area contributed by atoms with Gasteiger partial charge in [-0.15, -0.1) is 0 Å². The third-order valence-corrected chi connectivity index (χ3v) is 3.60. The fourth-order valence-corrected chi connectivity index (χ4v) is 2.32. The molecule has 0 aromatic rings. The van der Waals surface area contributed by atoms with Crippen LogP contribution in [0.1, 0.15) is 78.1 Å². The van der Waals surface area contributed by atoms with E-state index in [2.05, 4.69) is 32.2 Å². The standard InChI is InChI=1S/C18H33NO/c1-5-8-10-12-14-18(15-13-11-9-6-2)17(4)20-19-16-7-3/h7,16,18H,3-6,8-15H2,1-2H3/b19-16-. The van der Waals surface area contributed by atoms with E-state index < -0.39 is 0 Å². The van der Waals surface area contributed by atoms with Crippen molar-refractivity contribution in [3.8, 4) is 0 Å². The molecule has 0 aromatic heterocycles. The van der Waals surface area contributed by atoms with E-state index in [0.29, 0.717) is 5.92 Å². The van der Waals surface area contributed by atoms with E-state index in [-0.39, 0.29) is 0 Å². The van der Waals surface area contributed by atoms with Crippen LogP contribution in [-0.2, 0) is 4.84 Å². The molecule has 0 saturated carbocycles. The highest BCUT2D eigenvalue weighted by atomic mass is 16.6. The summed E-state index contributed by atoms with van der Waals surface area (Å²) < 4.78 is 0.